The molecular weight excluding hydrogens is 398 g/mol. The third-order valence-electron chi connectivity index (χ3n) is 6.17. The number of hydrogen-bond acceptors (Lipinski definition) is 6. The number of amides is 1. The van der Waals surface area contributed by atoms with Crippen molar-refractivity contribution in [2.24, 2.45) is 5.92 Å². The second kappa shape index (κ2) is 8.00. The van der Waals surface area contributed by atoms with E-state index in [-0.39, 0.29) is 17.9 Å². The number of aryl methyl sites for hydroxylation is 1. The van der Waals surface area contributed by atoms with Crippen LogP contribution in [0.1, 0.15) is 37.2 Å². The summed E-state index contributed by atoms with van der Waals surface area (Å²) in [5.41, 5.74) is 3.10. The van der Waals surface area contributed by atoms with E-state index >= 15 is 0 Å². The zero-order chi connectivity index (χ0) is 20.7. The van der Waals surface area contributed by atoms with Gasteiger partial charge < -0.3 is 15.4 Å². The van der Waals surface area contributed by atoms with E-state index in [2.05, 4.69) is 38.7 Å². The van der Waals surface area contributed by atoms with Crippen molar-refractivity contribution in [2.75, 3.05) is 19.6 Å². The second-order valence-electron chi connectivity index (χ2n) is 8.34. The van der Waals surface area contributed by atoms with E-state index in [1.165, 1.54) is 0 Å². The molecular formula is C22H27N5O2S. The number of nitrogens with one attached hydrogen (secondary N) is 2. The number of carbonyl (C=O) groups is 1. The van der Waals surface area contributed by atoms with Gasteiger partial charge in [-0.1, -0.05) is 0 Å². The van der Waals surface area contributed by atoms with Gasteiger partial charge in [-0.2, -0.15) is 5.10 Å². The number of thiazole rings is 1. The van der Waals surface area contributed by atoms with E-state index in [1.807, 2.05) is 20.0 Å². The number of benzene rings is 1. The molecule has 2 fully saturated rings. The Kier molecular flexibility index (Phi) is 5.20. The third kappa shape index (κ3) is 3.81. The Hall–Kier alpha value is -2.45. The normalized spacial score (nSPS) is 21.1. The van der Waals surface area contributed by atoms with Crippen molar-refractivity contribution in [3.05, 3.63) is 29.5 Å². The molecule has 158 valence electrons. The van der Waals surface area contributed by atoms with E-state index < -0.39 is 0 Å². The van der Waals surface area contributed by atoms with Crippen LogP contribution in [-0.4, -0.2) is 46.4 Å². The van der Waals surface area contributed by atoms with Gasteiger partial charge in [-0.25, -0.2) is 4.98 Å². The summed E-state index contributed by atoms with van der Waals surface area (Å²) < 4.78 is 9.57. The molecule has 1 amide bonds. The highest BCUT2D eigenvalue weighted by Gasteiger charge is 2.28. The molecule has 2 saturated heterocycles. The predicted octanol–water partition coefficient (Wildman–Crippen LogP) is 3.30. The Morgan fingerprint density at radius 1 is 1.27 bits per heavy atom. The number of nitrogens with zero attached hydrogens (tertiary/aromatic N) is 3. The smallest absolute Gasteiger partial charge is 0.220 e. The zero-order valence-electron chi connectivity index (χ0n) is 17.4. The molecule has 0 saturated carbocycles. The van der Waals surface area contributed by atoms with E-state index in [4.69, 9.17) is 9.72 Å². The largest absolute Gasteiger partial charge is 0.489 e. The molecule has 0 spiro atoms. The highest BCUT2D eigenvalue weighted by molar-refractivity contribution is 7.18. The van der Waals surface area contributed by atoms with Crippen LogP contribution < -0.4 is 15.4 Å². The van der Waals surface area contributed by atoms with Crippen LogP contribution in [0.4, 0.5) is 0 Å². The Bertz CT molecular complexity index is 1070. The second-order valence-corrected chi connectivity index (χ2v) is 9.54. The molecule has 30 heavy (non-hydrogen) atoms. The monoisotopic (exact) mass is 425 g/mol. The van der Waals surface area contributed by atoms with Gasteiger partial charge in [0.15, 0.2) is 0 Å². The molecule has 3 aromatic rings. The van der Waals surface area contributed by atoms with Gasteiger partial charge in [0.1, 0.15) is 11.9 Å². The lowest BCUT2D eigenvalue weighted by Gasteiger charge is -2.22. The minimum Gasteiger partial charge on any atom is -0.489 e. The minimum atomic E-state index is -0.0535. The van der Waals surface area contributed by atoms with Crippen molar-refractivity contribution >= 4 is 27.5 Å². The van der Waals surface area contributed by atoms with Crippen molar-refractivity contribution in [3.8, 4) is 16.9 Å². The van der Waals surface area contributed by atoms with Crippen LogP contribution in [0.2, 0.25) is 0 Å². The molecule has 0 bridgehead atoms. The fraction of sp³-hybridized carbons (Fsp3) is 0.500. The average Bonchev–Trinajstić information content (AvgIpc) is 3.47. The molecule has 5 rings (SSSR count). The maximum absolute atomic E-state index is 11.6. The molecule has 1 aromatic carbocycles. The number of rotatable bonds is 5. The van der Waals surface area contributed by atoms with Gasteiger partial charge in [0, 0.05) is 30.6 Å². The molecule has 2 N–H and O–H groups in total. The summed E-state index contributed by atoms with van der Waals surface area (Å²) in [6, 6.07) is 4.68. The molecule has 7 nitrogen and oxygen atoms in total. The minimum absolute atomic E-state index is 0.0535. The summed E-state index contributed by atoms with van der Waals surface area (Å²) in [6.45, 7) is 6.82. The highest BCUT2D eigenvalue weighted by Crippen LogP contribution is 2.37. The lowest BCUT2D eigenvalue weighted by atomic mass is 10.0. The highest BCUT2D eigenvalue weighted by atomic mass is 32.1. The first-order valence-electron chi connectivity index (χ1n) is 10.7. The summed E-state index contributed by atoms with van der Waals surface area (Å²) in [6.07, 6.45) is 6.76. The number of hydrogen-bond donors (Lipinski definition) is 2. The molecule has 8 heteroatoms. The Morgan fingerprint density at radius 2 is 2.10 bits per heavy atom. The fourth-order valence-electron chi connectivity index (χ4n) is 4.38. The topological polar surface area (TPSA) is 81.1 Å². The SMILES string of the molecule is Cc1nc2cc(-c3cnn(C4CCNCC4)c3)cc(O[C@H](C)[C@H]3CNC(=O)C3)c2s1. The quantitative estimate of drug-likeness (QED) is 0.656. The van der Waals surface area contributed by atoms with Crippen LogP contribution in [0.15, 0.2) is 24.5 Å². The fourth-order valence-corrected chi connectivity index (χ4v) is 5.24. The average molecular weight is 426 g/mol. The first kappa shape index (κ1) is 19.5. The van der Waals surface area contributed by atoms with Crippen molar-refractivity contribution in [1.82, 2.24) is 25.4 Å². The first-order valence-corrected chi connectivity index (χ1v) is 11.5. The van der Waals surface area contributed by atoms with Crippen LogP contribution in [0.5, 0.6) is 5.75 Å². The van der Waals surface area contributed by atoms with Gasteiger partial charge in [-0.05, 0) is 57.5 Å². The molecule has 4 heterocycles. The summed E-state index contributed by atoms with van der Waals surface area (Å²) in [7, 11) is 0. The molecule has 0 radical (unpaired) electrons. The van der Waals surface area contributed by atoms with Crippen LogP contribution in [-0.2, 0) is 4.79 Å². The Balaban J connectivity index is 1.46. The van der Waals surface area contributed by atoms with Gasteiger partial charge in [-0.15, -0.1) is 11.3 Å². The van der Waals surface area contributed by atoms with E-state index in [9.17, 15) is 4.79 Å². The Labute approximate surface area is 179 Å². The number of aromatic nitrogens is 3. The summed E-state index contributed by atoms with van der Waals surface area (Å²) in [5, 5.41) is 12.0. The van der Waals surface area contributed by atoms with E-state index in [0.29, 0.717) is 19.0 Å². The summed E-state index contributed by atoms with van der Waals surface area (Å²) in [5.74, 6) is 1.13. The lowest BCUT2D eigenvalue weighted by Crippen LogP contribution is -2.29. The standard InChI is InChI=1S/C22H27N5O2S/c1-13(16-9-21(28)24-10-16)29-20-8-15(7-19-22(20)30-14(2)26-19)17-11-25-27(12-17)18-3-5-23-6-4-18/h7-8,11-13,16,18,23H,3-6,9-10H2,1-2H3,(H,24,28)/t13-,16-/m1/s1. The maximum atomic E-state index is 11.6. The van der Waals surface area contributed by atoms with Crippen molar-refractivity contribution in [2.45, 2.75) is 45.3 Å². The van der Waals surface area contributed by atoms with Crippen LogP contribution in [0, 0.1) is 12.8 Å². The van der Waals surface area contributed by atoms with Gasteiger partial charge in [0.05, 0.1) is 27.5 Å². The Morgan fingerprint density at radius 3 is 2.87 bits per heavy atom. The predicted molar refractivity (Wildman–Crippen MR) is 118 cm³/mol. The molecule has 2 aromatic heterocycles. The number of piperidine rings is 1. The van der Waals surface area contributed by atoms with Gasteiger partial charge in [0.25, 0.3) is 0 Å². The van der Waals surface area contributed by atoms with Crippen molar-refractivity contribution in [3.63, 3.8) is 0 Å². The van der Waals surface area contributed by atoms with Gasteiger partial charge in [0.2, 0.25) is 5.91 Å². The van der Waals surface area contributed by atoms with Gasteiger partial charge >= 0.3 is 0 Å². The molecule has 0 unspecified atom stereocenters. The molecule has 2 aliphatic heterocycles. The third-order valence-corrected chi connectivity index (χ3v) is 7.17. The zero-order valence-corrected chi connectivity index (χ0v) is 18.2. The molecule has 2 atom stereocenters. The van der Waals surface area contributed by atoms with Crippen molar-refractivity contribution in [1.29, 1.82) is 0 Å². The number of fused-ring (bicyclic) bond motifs is 1. The van der Waals surface area contributed by atoms with Crippen LogP contribution in [0.3, 0.4) is 0 Å². The van der Waals surface area contributed by atoms with Crippen LogP contribution >= 0.6 is 11.3 Å². The molecule has 2 aliphatic rings. The molecule has 0 aliphatic carbocycles. The van der Waals surface area contributed by atoms with Crippen molar-refractivity contribution < 1.29 is 9.53 Å². The number of ether oxygens (including phenoxy) is 1. The van der Waals surface area contributed by atoms with E-state index in [0.717, 1.165) is 58.0 Å². The maximum Gasteiger partial charge on any atom is 0.220 e. The van der Waals surface area contributed by atoms with Crippen LogP contribution in [0.25, 0.3) is 21.3 Å². The lowest BCUT2D eigenvalue weighted by molar-refractivity contribution is -0.119. The van der Waals surface area contributed by atoms with Gasteiger partial charge in [-0.3, -0.25) is 9.48 Å². The summed E-state index contributed by atoms with van der Waals surface area (Å²) in [4.78, 5) is 16.3. The van der Waals surface area contributed by atoms with E-state index in [1.54, 1.807) is 11.3 Å². The first-order chi connectivity index (χ1) is 14.6. The summed E-state index contributed by atoms with van der Waals surface area (Å²) >= 11 is 1.65. The number of carbonyl (C=O) groups excluding carboxylic acids is 1.